The largest absolute Gasteiger partial charge is 0.398 e. The van der Waals surface area contributed by atoms with Crippen LogP contribution in [-0.2, 0) is 12.8 Å². The monoisotopic (exact) mass is 215 g/mol. The Kier molecular flexibility index (Phi) is 2.13. The van der Waals surface area contributed by atoms with Crippen molar-refractivity contribution in [2.45, 2.75) is 32.6 Å². The van der Waals surface area contributed by atoms with E-state index in [1.807, 2.05) is 18.3 Å². The third kappa shape index (κ3) is 1.39. The second kappa shape index (κ2) is 3.51. The number of anilines is 1. The molecule has 2 aromatic rings. The predicted octanol–water partition coefficient (Wildman–Crippen LogP) is 2.43. The van der Waals surface area contributed by atoms with Crippen LogP contribution in [0.5, 0.6) is 0 Å². The van der Waals surface area contributed by atoms with Crippen molar-refractivity contribution in [3.05, 3.63) is 29.7 Å². The lowest BCUT2D eigenvalue weighted by molar-refractivity contribution is 0.435. The normalized spacial score (nSPS) is 19.9. The Morgan fingerprint density at radius 1 is 1.50 bits per heavy atom. The van der Waals surface area contributed by atoms with Crippen molar-refractivity contribution in [3.8, 4) is 0 Å². The van der Waals surface area contributed by atoms with Gasteiger partial charge in [0.1, 0.15) is 5.65 Å². The summed E-state index contributed by atoms with van der Waals surface area (Å²) < 4.78 is 2.17. The molecule has 0 aromatic carbocycles. The molecule has 1 atom stereocenters. The lowest BCUT2D eigenvalue weighted by atomic mass is 9.88. The topological polar surface area (TPSA) is 43.3 Å². The molecule has 3 nitrogen and oxygen atoms in total. The van der Waals surface area contributed by atoms with Crippen LogP contribution >= 0.6 is 0 Å². The van der Waals surface area contributed by atoms with Gasteiger partial charge in [-0.3, -0.25) is 0 Å². The van der Waals surface area contributed by atoms with E-state index >= 15 is 0 Å². The molecule has 0 fully saturated rings. The molecule has 0 saturated heterocycles. The van der Waals surface area contributed by atoms with Gasteiger partial charge in [0, 0.05) is 17.6 Å². The van der Waals surface area contributed by atoms with E-state index in [0.717, 1.165) is 30.1 Å². The van der Waals surface area contributed by atoms with Crippen LogP contribution < -0.4 is 5.73 Å². The van der Waals surface area contributed by atoms with E-state index in [1.54, 1.807) is 0 Å². The third-order valence-electron chi connectivity index (χ3n) is 3.67. The molecular weight excluding hydrogens is 198 g/mol. The van der Waals surface area contributed by atoms with Gasteiger partial charge < -0.3 is 10.1 Å². The summed E-state index contributed by atoms with van der Waals surface area (Å²) in [6, 6.07) is 3.93. The van der Waals surface area contributed by atoms with E-state index in [9.17, 15) is 0 Å². The maximum Gasteiger partial charge on any atom is 0.137 e. The highest BCUT2D eigenvalue weighted by Crippen LogP contribution is 2.28. The van der Waals surface area contributed by atoms with Crippen LogP contribution in [0.25, 0.3) is 5.65 Å². The molecule has 0 radical (unpaired) electrons. The quantitative estimate of drug-likeness (QED) is 0.794. The molecule has 3 heteroatoms. The molecule has 1 aliphatic rings. The smallest absolute Gasteiger partial charge is 0.137 e. The Hall–Kier alpha value is -1.51. The number of hydrogen-bond donors (Lipinski definition) is 1. The molecule has 2 aromatic heterocycles. The number of aromatic nitrogens is 2. The van der Waals surface area contributed by atoms with E-state index in [-0.39, 0.29) is 0 Å². The van der Waals surface area contributed by atoms with Crippen molar-refractivity contribution < 1.29 is 0 Å². The highest BCUT2D eigenvalue weighted by atomic mass is 15.0. The maximum absolute atomic E-state index is 5.83. The van der Waals surface area contributed by atoms with Gasteiger partial charge in [0.05, 0.1) is 5.69 Å². The molecule has 0 aliphatic heterocycles. The molecule has 84 valence electrons. The van der Waals surface area contributed by atoms with Gasteiger partial charge >= 0.3 is 0 Å². The summed E-state index contributed by atoms with van der Waals surface area (Å²) in [7, 11) is 0. The molecule has 1 aliphatic carbocycles. The molecule has 16 heavy (non-hydrogen) atoms. The lowest BCUT2D eigenvalue weighted by Crippen LogP contribution is -2.14. The average molecular weight is 215 g/mol. The van der Waals surface area contributed by atoms with Crippen LogP contribution in [0.2, 0.25) is 0 Å². The zero-order valence-electron chi connectivity index (χ0n) is 9.61. The van der Waals surface area contributed by atoms with Gasteiger partial charge in [0.25, 0.3) is 0 Å². The van der Waals surface area contributed by atoms with Crippen LogP contribution in [0.4, 0.5) is 5.69 Å². The standard InChI is InChI=1S/C13H17N3/c1-2-9-3-5-11-12(7-9)16-8-10(14)4-6-13(16)15-11/h4,6,8-9H,2-3,5,7,14H2,1H3. The highest BCUT2D eigenvalue weighted by Gasteiger charge is 2.21. The van der Waals surface area contributed by atoms with Gasteiger partial charge in [-0.2, -0.15) is 0 Å². The van der Waals surface area contributed by atoms with Gasteiger partial charge in [0.15, 0.2) is 0 Å². The summed E-state index contributed by atoms with van der Waals surface area (Å²) in [5.74, 6) is 0.814. The molecular formula is C13H17N3. The van der Waals surface area contributed by atoms with E-state index in [4.69, 9.17) is 5.73 Å². The molecule has 2 N–H and O–H groups in total. The van der Waals surface area contributed by atoms with E-state index in [0.29, 0.717) is 0 Å². The Bertz CT molecular complexity index is 527. The van der Waals surface area contributed by atoms with Crippen molar-refractivity contribution in [1.29, 1.82) is 0 Å². The lowest BCUT2D eigenvalue weighted by Gasteiger charge is -2.20. The number of nitrogens with two attached hydrogens (primary N) is 1. The number of hydrogen-bond acceptors (Lipinski definition) is 2. The second-order valence-corrected chi connectivity index (χ2v) is 4.71. The summed E-state index contributed by atoms with van der Waals surface area (Å²) in [5, 5.41) is 0. The van der Waals surface area contributed by atoms with Crippen molar-refractivity contribution in [3.63, 3.8) is 0 Å². The Morgan fingerprint density at radius 3 is 3.19 bits per heavy atom. The van der Waals surface area contributed by atoms with Crippen molar-refractivity contribution >= 4 is 11.3 Å². The Labute approximate surface area is 95.3 Å². The number of rotatable bonds is 1. The zero-order valence-corrected chi connectivity index (χ0v) is 9.61. The number of aryl methyl sites for hydroxylation is 1. The average Bonchev–Trinajstić information content (AvgIpc) is 2.66. The summed E-state index contributed by atoms with van der Waals surface area (Å²) in [6.45, 7) is 2.27. The first kappa shape index (κ1) is 9.70. The van der Waals surface area contributed by atoms with Crippen LogP contribution in [-0.4, -0.2) is 9.38 Å². The van der Waals surface area contributed by atoms with Crippen molar-refractivity contribution in [2.75, 3.05) is 5.73 Å². The van der Waals surface area contributed by atoms with E-state index in [2.05, 4.69) is 16.3 Å². The summed E-state index contributed by atoms with van der Waals surface area (Å²) in [6.07, 6.45) is 6.81. The highest BCUT2D eigenvalue weighted by molar-refractivity contribution is 5.50. The summed E-state index contributed by atoms with van der Waals surface area (Å²) in [4.78, 5) is 4.67. The van der Waals surface area contributed by atoms with Gasteiger partial charge in [0.2, 0.25) is 0 Å². The first-order valence-electron chi connectivity index (χ1n) is 6.03. The number of imidazole rings is 1. The number of nitrogen functional groups attached to an aromatic ring is 1. The minimum Gasteiger partial charge on any atom is -0.398 e. The number of nitrogens with zero attached hydrogens (tertiary/aromatic N) is 2. The second-order valence-electron chi connectivity index (χ2n) is 4.71. The molecule has 0 spiro atoms. The Balaban J connectivity index is 2.15. The molecule has 2 heterocycles. The summed E-state index contributed by atoms with van der Waals surface area (Å²) in [5.41, 5.74) is 10.3. The minimum absolute atomic E-state index is 0.811. The van der Waals surface area contributed by atoms with Crippen molar-refractivity contribution in [1.82, 2.24) is 9.38 Å². The number of pyridine rings is 1. The fourth-order valence-corrected chi connectivity index (χ4v) is 2.64. The first-order valence-corrected chi connectivity index (χ1v) is 6.03. The van der Waals surface area contributed by atoms with E-state index in [1.165, 1.54) is 24.2 Å². The van der Waals surface area contributed by atoms with Gasteiger partial charge in [-0.25, -0.2) is 4.98 Å². The minimum atomic E-state index is 0.811. The fourth-order valence-electron chi connectivity index (χ4n) is 2.64. The molecule has 3 rings (SSSR count). The van der Waals surface area contributed by atoms with Crippen LogP contribution in [0.3, 0.4) is 0 Å². The summed E-state index contributed by atoms with van der Waals surface area (Å²) >= 11 is 0. The Morgan fingerprint density at radius 2 is 2.38 bits per heavy atom. The van der Waals surface area contributed by atoms with Crippen LogP contribution in [0.1, 0.15) is 31.2 Å². The number of fused-ring (bicyclic) bond motifs is 3. The third-order valence-corrected chi connectivity index (χ3v) is 3.67. The van der Waals surface area contributed by atoms with Crippen LogP contribution in [0.15, 0.2) is 18.3 Å². The van der Waals surface area contributed by atoms with Crippen LogP contribution in [0, 0.1) is 5.92 Å². The predicted molar refractivity (Wildman–Crippen MR) is 65.4 cm³/mol. The van der Waals surface area contributed by atoms with Crippen molar-refractivity contribution in [2.24, 2.45) is 5.92 Å². The molecule has 0 saturated carbocycles. The van der Waals surface area contributed by atoms with Gasteiger partial charge in [-0.15, -0.1) is 0 Å². The SMILES string of the molecule is CCC1CCc2nc3ccc(N)cn3c2C1. The zero-order chi connectivity index (χ0) is 11.1. The first-order chi connectivity index (χ1) is 7.78. The molecule has 0 bridgehead atoms. The van der Waals surface area contributed by atoms with Gasteiger partial charge in [-0.05, 0) is 37.3 Å². The van der Waals surface area contributed by atoms with Gasteiger partial charge in [-0.1, -0.05) is 13.3 Å². The fraction of sp³-hybridized carbons (Fsp3) is 0.462. The molecule has 0 amide bonds. The van der Waals surface area contributed by atoms with E-state index < -0.39 is 0 Å². The maximum atomic E-state index is 5.83. The molecule has 1 unspecified atom stereocenters.